The van der Waals surface area contributed by atoms with E-state index in [1.165, 1.54) is 29.8 Å². The Morgan fingerprint density at radius 3 is 2.78 bits per heavy atom. The van der Waals surface area contributed by atoms with Gasteiger partial charge in [-0.15, -0.1) is 11.3 Å². The molecule has 1 aliphatic rings. The van der Waals surface area contributed by atoms with E-state index in [4.69, 9.17) is 0 Å². The minimum Gasteiger partial charge on any atom is -0.355 e. The molecule has 7 heteroatoms. The third kappa shape index (κ3) is 5.75. The van der Waals surface area contributed by atoms with Crippen LogP contribution < -0.4 is 10.0 Å². The highest BCUT2D eigenvalue weighted by molar-refractivity contribution is 7.91. The van der Waals surface area contributed by atoms with Gasteiger partial charge < -0.3 is 5.32 Å². The van der Waals surface area contributed by atoms with Crippen molar-refractivity contribution in [3.63, 3.8) is 0 Å². The fraction of sp³-hybridized carbons (Fsp3) is 0.562. The van der Waals surface area contributed by atoms with Crippen LogP contribution in [0.15, 0.2) is 28.0 Å². The van der Waals surface area contributed by atoms with Crippen LogP contribution in [-0.4, -0.2) is 27.4 Å². The normalized spacial score (nSPS) is 15.3. The molecule has 0 bridgehead atoms. The Morgan fingerprint density at radius 2 is 2.13 bits per heavy atom. The van der Waals surface area contributed by atoms with E-state index in [0.717, 1.165) is 30.6 Å². The highest BCUT2D eigenvalue weighted by Crippen LogP contribution is 2.21. The first kappa shape index (κ1) is 18.2. The number of allylic oxidation sites excluding steroid dienone is 1. The van der Waals surface area contributed by atoms with Gasteiger partial charge in [-0.1, -0.05) is 18.6 Å². The summed E-state index contributed by atoms with van der Waals surface area (Å²) in [5.74, 6) is -0.294. The quantitative estimate of drug-likeness (QED) is 0.703. The van der Waals surface area contributed by atoms with Gasteiger partial charge in [-0.05, 0) is 50.7 Å². The van der Waals surface area contributed by atoms with Crippen LogP contribution in [0.25, 0.3) is 0 Å². The van der Waals surface area contributed by atoms with Gasteiger partial charge in [0, 0.05) is 11.4 Å². The summed E-state index contributed by atoms with van der Waals surface area (Å²) in [6.07, 6.45) is 8.62. The van der Waals surface area contributed by atoms with E-state index < -0.39 is 10.0 Å². The molecule has 1 aliphatic carbocycles. The van der Waals surface area contributed by atoms with Crippen LogP contribution >= 0.6 is 11.3 Å². The molecule has 5 nitrogen and oxygen atoms in total. The fourth-order valence-electron chi connectivity index (χ4n) is 2.48. The van der Waals surface area contributed by atoms with Gasteiger partial charge in [-0.3, -0.25) is 4.79 Å². The third-order valence-electron chi connectivity index (χ3n) is 3.83. The Balaban J connectivity index is 1.73. The van der Waals surface area contributed by atoms with Crippen LogP contribution in [-0.2, 0) is 21.2 Å². The maximum atomic E-state index is 12.1. The van der Waals surface area contributed by atoms with E-state index in [-0.39, 0.29) is 16.7 Å². The molecule has 0 aromatic carbocycles. The number of aryl methyl sites for hydroxylation is 1. The van der Waals surface area contributed by atoms with Crippen LogP contribution in [0.2, 0.25) is 0 Å². The van der Waals surface area contributed by atoms with Crippen molar-refractivity contribution in [2.24, 2.45) is 0 Å². The number of amides is 1. The molecule has 1 amide bonds. The van der Waals surface area contributed by atoms with Crippen molar-refractivity contribution in [2.45, 2.75) is 49.7 Å². The average Bonchev–Trinajstić information content (AvgIpc) is 3.04. The zero-order valence-electron chi connectivity index (χ0n) is 13.4. The Bertz CT molecular complexity index is 663. The van der Waals surface area contributed by atoms with E-state index >= 15 is 0 Å². The van der Waals surface area contributed by atoms with Crippen molar-refractivity contribution in [3.8, 4) is 0 Å². The molecule has 0 unspecified atom stereocenters. The monoisotopic (exact) mass is 356 g/mol. The lowest BCUT2D eigenvalue weighted by molar-refractivity contribution is -0.119. The first-order valence-corrected chi connectivity index (χ1v) is 10.3. The highest BCUT2D eigenvalue weighted by Gasteiger charge is 2.17. The van der Waals surface area contributed by atoms with Crippen LogP contribution in [0.4, 0.5) is 0 Å². The van der Waals surface area contributed by atoms with Crippen LogP contribution in [0.1, 0.15) is 43.9 Å². The third-order valence-corrected chi connectivity index (χ3v) is 6.95. The number of carbonyl (C=O) groups is 1. The van der Waals surface area contributed by atoms with Gasteiger partial charge in [-0.2, -0.15) is 0 Å². The first-order valence-electron chi connectivity index (χ1n) is 8.04. The van der Waals surface area contributed by atoms with Gasteiger partial charge >= 0.3 is 0 Å². The molecular formula is C16H24N2O3S2. The maximum Gasteiger partial charge on any atom is 0.250 e. The summed E-state index contributed by atoms with van der Waals surface area (Å²) in [6, 6.07) is 3.39. The Kier molecular flexibility index (Phi) is 6.80. The fourth-order valence-corrected chi connectivity index (χ4v) is 4.80. The van der Waals surface area contributed by atoms with Crippen molar-refractivity contribution >= 4 is 27.3 Å². The van der Waals surface area contributed by atoms with Crippen molar-refractivity contribution in [3.05, 3.63) is 28.7 Å². The zero-order valence-corrected chi connectivity index (χ0v) is 15.1. The molecule has 0 aliphatic heterocycles. The largest absolute Gasteiger partial charge is 0.355 e. The smallest absolute Gasteiger partial charge is 0.250 e. The number of sulfonamides is 1. The Hall–Kier alpha value is -1.18. The summed E-state index contributed by atoms with van der Waals surface area (Å²) in [7, 11) is -3.59. The number of thiophene rings is 1. The summed E-state index contributed by atoms with van der Waals surface area (Å²) in [5, 5.41) is 2.77. The number of nitrogens with one attached hydrogen (secondary N) is 2. The summed E-state index contributed by atoms with van der Waals surface area (Å²) in [5.41, 5.74) is 1.39. The molecular weight excluding hydrogens is 332 g/mol. The predicted molar refractivity (Wildman–Crippen MR) is 93.1 cm³/mol. The van der Waals surface area contributed by atoms with E-state index in [1.54, 1.807) is 12.1 Å². The molecule has 2 rings (SSSR count). The highest BCUT2D eigenvalue weighted by atomic mass is 32.2. The lowest BCUT2D eigenvalue weighted by Crippen LogP contribution is -2.37. The Morgan fingerprint density at radius 1 is 1.30 bits per heavy atom. The molecule has 23 heavy (non-hydrogen) atoms. The van der Waals surface area contributed by atoms with Gasteiger partial charge in [0.25, 0.3) is 10.0 Å². The number of rotatable bonds is 8. The lowest BCUT2D eigenvalue weighted by atomic mass is 9.97. The molecule has 0 radical (unpaired) electrons. The van der Waals surface area contributed by atoms with Gasteiger partial charge in [0.2, 0.25) is 5.91 Å². The minimum absolute atomic E-state index is 0.221. The summed E-state index contributed by atoms with van der Waals surface area (Å²) in [4.78, 5) is 12.8. The summed E-state index contributed by atoms with van der Waals surface area (Å²) in [6.45, 7) is 2.32. The molecule has 0 atom stereocenters. The topological polar surface area (TPSA) is 75.3 Å². The summed E-state index contributed by atoms with van der Waals surface area (Å²) < 4.78 is 26.8. The SMILES string of the molecule is CCc1ccc(S(=O)(=O)NCC(=O)NCCC2=CCCCC2)s1. The maximum absolute atomic E-state index is 12.1. The molecule has 0 saturated heterocycles. The molecule has 1 heterocycles. The molecule has 2 N–H and O–H groups in total. The van der Waals surface area contributed by atoms with E-state index in [0.29, 0.717) is 6.54 Å². The van der Waals surface area contributed by atoms with E-state index in [2.05, 4.69) is 16.1 Å². The molecule has 1 aromatic heterocycles. The van der Waals surface area contributed by atoms with Gasteiger partial charge in [0.05, 0.1) is 6.54 Å². The molecule has 1 aromatic rings. The first-order chi connectivity index (χ1) is 11.0. The van der Waals surface area contributed by atoms with Crippen LogP contribution in [0.3, 0.4) is 0 Å². The molecule has 0 fully saturated rings. The van der Waals surface area contributed by atoms with Crippen LogP contribution in [0, 0.1) is 0 Å². The predicted octanol–water partition coefficient (Wildman–Crippen LogP) is 2.60. The van der Waals surface area contributed by atoms with Gasteiger partial charge in [-0.25, -0.2) is 13.1 Å². The van der Waals surface area contributed by atoms with E-state index in [1.807, 2.05) is 6.92 Å². The number of hydrogen-bond donors (Lipinski definition) is 2. The molecule has 0 spiro atoms. The molecule has 0 saturated carbocycles. The number of carbonyl (C=O) groups excluding carboxylic acids is 1. The second kappa shape index (κ2) is 8.61. The van der Waals surface area contributed by atoms with Gasteiger partial charge in [0.15, 0.2) is 0 Å². The molecule has 128 valence electrons. The minimum atomic E-state index is -3.59. The van der Waals surface area contributed by atoms with Crippen LogP contribution in [0.5, 0.6) is 0 Å². The lowest BCUT2D eigenvalue weighted by Gasteiger charge is -2.13. The standard InChI is InChI=1S/C16H24N2O3S2/c1-2-14-8-9-16(22-14)23(20,21)18-12-15(19)17-11-10-13-6-4-3-5-7-13/h6,8-9,18H,2-5,7,10-12H2,1H3,(H,17,19). The Labute approximate surface area is 142 Å². The van der Waals surface area contributed by atoms with Crippen molar-refractivity contribution < 1.29 is 13.2 Å². The number of hydrogen-bond acceptors (Lipinski definition) is 4. The second-order valence-corrected chi connectivity index (χ2v) is 8.77. The van der Waals surface area contributed by atoms with Gasteiger partial charge in [0.1, 0.15) is 4.21 Å². The van der Waals surface area contributed by atoms with Crippen molar-refractivity contribution in [2.75, 3.05) is 13.1 Å². The summed E-state index contributed by atoms with van der Waals surface area (Å²) >= 11 is 1.24. The average molecular weight is 357 g/mol. The zero-order chi connectivity index (χ0) is 16.7. The second-order valence-electron chi connectivity index (χ2n) is 5.61. The van der Waals surface area contributed by atoms with Crippen molar-refractivity contribution in [1.29, 1.82) is 0 Å². The van der Waals surface area contributed by atoms with E-state index in [9.17, 15) is 13.2 Å². The van der Waals surface area contributed by atoms with Crippen molar-refractivity contribution in [1.82, 2.24) is 10.0 Å².